The van der Waals surface area contributed by atoms with E-state index in [-0.39, 0.29) is 5.75 Å². The topological polar surface area (TPSA) is 50.1 Å². The molecule has 1 aromatic carbocycles. The van der Waals surface area contributed by atoms with Gasteiger partial charge >= 0.3 is 5.97 Å². The summed E-state index contributed by atoms with van der Waals surface area (Å²) >= 11 is 0. The fourth-order valence-electron chi connectivity index (χ4n) is 0.766. The summed E-state index contributed by atoms with van der Waals surface area (Å²) in [5, 5.41) is 8.52. The van der Waals surface area contributed by atoms with E-state index in [9.17, 15) is 4.79 Å². The lowest BCUT2D eigenvalue weighted by Crippen LogP contribution is -2.03. The number of rotatable bonds is 1. The molecule has 3 nitrogen and oxygen atoms in total. The fourth-order valence-corrected chi connectivity index (χ4v) is 0.766. The largest absolute Gasteiger partial charge is 0.417 e. The number of nitrogens with zero attached hydrogens (tertiary/aromatic N) is 1. The van der Waals surface area contributed by atoms with Crippen molar-refractivity contribution in [2.45, 2.75) is 0 Å². The molecule has 0 aromatic heterocycles. The van der Waals surface area contributed by atoms with Gasteiger partial charge in [-0.25, -0.2) is 4.79 Å². The Balaban J connectivity index is 2.87. The second-order valence-corrected chi connectivity index (χ2v) is 2.17. The van der Waals surface area contributed by atoms with Crippen LogP contribution in [0.15, 0.2) is 24.3 Å². The van der Waals surface area contributed by atoms with Crippen molar-refractivity contribution in [2.75, 3.05) is 0 Å². The molecule has 0 radical (unpaired) electrons. The highest BCUT2D eigenvalue weighted by atomic mass is 16.5. The third-order valence-corrected chi connectivity index (χ3v) is 1.29. The van der Waals surface area contributed by atoms with Crippen molar-refractivity contribution >= 4 is 5.97 Å². The Morgan fingerprint density at radius 2 is 2.31 bits per heavy atom. The molecule has 62 valence electrons. The maximum absolute atomic E-state index is 10.6. The van der Waals surface area contributed by atoms with Crippen LogP contribution in [-0.4, -0.2) is 5.97 Å². The van der Waals surface area contributed by atoms with E-state index in [1.807, 2.05) is 6.07 Å². The molecule has 0 saturated heterocycles. The van der Waals surface area contributed by atoms with Crippen molar-refractivity contribution in [2.24, 2.45) is 0 Å². The molecule has 0 aliphatic carbocycles. The van der Waals surface area contributed by atoms with Crippen LogP contribution in [0.25, 0.3) is 0 Å². The lowest BCUT2D eigenvalue weighted by Gasteiger charge is -1.98. The third kappa shape index (κ3) is 2.36. The summed E-state index contributed by atoms with van der Waals surface area (Å²) in [5.74, 6) is 1.32. The lowest BCUT2D eigenvalue weighted by atomic mass is 10.2. The quantitative estimate of drug-likeness (QED) is 0.275. The molecular weight excluding hydrogens is 166 g/mol. The predicted octanol–water partition coefficient (Wildman–Crippen LogP) is 1.10. The monoisotopic (exact) mass is 171 g/mol. The summed E-state index contributed by atoms with van der Waals surface area (Å²) in [6, 6.07) is 8.12. The van der Waals surface area contributed by atoms with E-state index >= 15 is 0 Å². The fraction of sp³-hybridized carbons (Fsp3) is 0. The van der Waals surface area contributed by atoms with Gasteiger partial charge in [0.1, 0.15) is 5.75 Å². The van der Waals surface area contributed by atoms with Gasteiger partial charge in [0.25, 0.3) is 0 Å². The summed E-state index contributed by atoms with van der Waals surface area (Å²) in [5.41, 5.74) is 0.419. The minimum Gasteiger partial charge on any atom is -0.417 e. The zero-order valence-electron chi connectivity index (χ0n) is 6.65. The van der Waals surface area contributed by atoms with Gasteiger partial charge in [0.05, 0.1) is 11.6 Å². The van der Waals surface area contributed by atoms with Gasteiger partial charge in [0.2, 0.25) is 0 Å². The zero-order valence-corrected chi connectivity index (χ0v) is 6.65. The molecule has 0 unspecified atom stereocenters. The van der Waals surface area contributed by atoms with Crippen LogP contribution in [0.4, 0.5) is 0 Å². The van der Waals surface area contributed by atoms with Crippen LogP contribution in [0.2, 0.25) is 0 Å². The predicted molar refractivity (Wildman–Crippen MR) is 45.6 cm³/mol. The van der Waals surface area contributed by atoms with Crippen LogP contribution in [0, 0.1) is 23.7 Å². The summed E-state index contributed by atoms with van der Waals surface area (Å²) in [6.07, 6.45) is 4.80. The SMILES string of the molecule is C#CC(=O)Oc1cccc(C#N)c1. The van der Waals surface area contributed by atoms with Gasteiger partial charge in [-0.1, -0.05) is 6.07 Å². The van der Waals surface area contributed by atoms with E-state index in [2.05, 4.69) is 4.74 Å². The summed E-state index contributed by atoms with van der Waals surface area (Å²) in [4.78, 5) is 10.6. The van der Waals surface area contributed by atoms with E-state index in [0.717, 1.165) is 0 Å². The van der Waals surface area contributed by atoms with Crippen LogP contribution in [0.1, 0.15) is 5.56 Å². The number of esters is 1. The van der Waals surface area contributed by atoms with Gasteiger partial charge in [-0.05, 0) is 18.2 Å². The number of hydrogen-bond acceptors (Lipinski definition) is 3. The Morgan fingerprint density at radius 3 is 2.92 bits per heavy atom. The second kappa shape index (κ2) is 3.94. The number of ether oxygens (including phenoxy) is 1. The maximum atomic E-state index is 10.6. The summed E-state index contributed by atoms with van der Waals surface area (Å²) in [6.45, 7) is 0. The highest BCUT2D eigenvalue weighted by molar-refractivity contribution is 5.89. The first-order chi connectivity index (χ1) is 6.26. The molecular formula is C10H5NO2. The molecule has 0 atom stereocenters. The standard InChI is InChI=1S/C10H5NO2/c1-2-10(12)13-9-5-3-4-8(6-9)7-11/h1,3-6H. The molecule has 0 bridgehead atoms. The van der Waals surface area contributed by atoms with Crippen molar-refractivity contribution in [1.29, 1.82) is 5.26 Å². The van der Waals surface area contributed by atoms with Crippen molar-refractivity contribution in [3.05, 3.63) is 29.8 Å². The Hall–Kier alpha value is -2.26. The highest BCUT2D eigenvalue weighted by Crippen LogP contribution is 2.12. The molecule has 0 N–H and O–H groups in total. The van der Waals surface area contributed by atoms with Gasteiger partial charge in [-0.3, -0.25) is 0 Å². The number of carbonyl (C=O) groups is 1. The third-order valence-electron chi connectivity index (χ3n) is 1.29. The van der Waals surface area contributed by atoms with Gasteiger partial charge in [-0.15, -0.1) is 6.42 Å². The summed E-state index contributed by atoms with van der Waals surface area (Å²) in [7, 11) is 0. The van der Waals surface area contributed by atoms with Crippen LogP contribution in [-0.2, 0) is 4.79 Å². The van der Waals surface area contributed by atoms with Gasteiger partial charge < -0.3 is 4.74 Å². The molecule has 0 heterocycles. The number of hydrogen-bond donors (Lipinski definition) is 0. The zero-order chi connectivity index (χ0) is 9.68. The van der Waals surface area contributed by atoms with Gasteiger partial charge in [0, 0.05) is 5.92 Å². The van der Waals surface area contributed by atoms with Crippen molar-refractivity contribution in [3.8, 4) is 24.2 Å². The Labute approximate surface area is 75.6 Å². The molecule has 0 aliphatic rings. The average Bonchev–Trinajstić information content (AvgIpc) is 2.18. The van der Waals surface area contributed by atoms with Gasteiger partial charge in [-0.2, -0.15) is 5.26 Å². The van der Waals surface area contributed by atoms with Crippen LogP contribution < -0.4 is 4.74 Å². The molecule has 1 rings (SSSR count). The first-order valence-electron chi connectivity index (χ1n) is 3.45. The lowest BCUT2D eigenvalue weighted by molar-refractivity contribution is -0.128. The maximum Gasteiger partial charge on any atom is 0.389 e. The van der Waals surface area contributed by atoms with Crippen LogP contribution in [0.5, 0.6) is 5.75 Å². The number of carbonyl (C=O) groups excluding carboxylic acids is 1. The Morgan fingerprint density at radius 1 is 1.54 bits per heavy atom. The molecule has 1 aromatic rings. The van der Waals surface area contributed by atoms with E-state index in [1.165, 1.54) is 6.07 Å². The van der Waals surface area contributed by atoms with Gasteiger partial charge in [0.15, 0.2) is 0 Å². The molecule has 0 saturated carbocycles. The Kier molecular flexibility index (Phi) is 2.68. The van der Waals surface area contributed by atoms with Crippen LogP contribution >= 0.6 is 0 Å². The second-order valence-electron chi connectivity index (χ2n) is 2.17. The van der Waals surface area contributed by atoms with Crippen LogP contribution in [0.3, 0.4) is 0 Å². The van der Waals surface area contributed by atoms with Crippen molar-refractivity contribution < 1.29 is 9.53 Å². The van der Waals surface area contributed by atoms with Crippen molar-refractivity contribution in [1.82, 2.24) is 0 Å². The Bertz CT molecular complexity index is 410. The molecule has 0 spiro atoms. The molecule has 0 amide bonds. The van der Waals surface area contributed by atoms with E-state index in [4.69, 9.17) is 11.7 Å². The number of benzene rings is 1. The minimum atomic E-state index is -0.768. The van der Waals surface area contributed by atoms with E-state index in [0.29, 0.717) is 5.56 Å². The molecule has 0 fully saturated rings. The van der Waals surface area contributed by atoms with Crippen molar-refractivity contribution in [3.63, 3.8) is 0 Å². The summed E-state index contributed by atoms with van der Waals surface area (Å²) < 4.78 is 4.68. The average molecular weight is 171 g/mol. The minimum absolute atomic E-state index is 0.280. The highest BCUT2D eigenvalue weighted by Gasteiger charge is 2.00. The molecule has 3 heteroatoms. The first-order valence-corrected chi connectivity index (χ1v) is 3.45. The van der Waals surface area contributed by atoms with E-state index < -0.39 is 5.97 Å². The van der Waals surface area contributed by atoms with E-state index in [1.54, 1.807) is 24.1 Å². The normalized spacial score (nSPS) is 8.15. The number of terminal acetylenes is 1. The smallest absolute Gasteiger partial charge is 0.389 e. The molecule has 0 aliphatic heterocycles. The molecule has 13 heavy (non-hydrogen) atoms. The first kappa shape index (κ1) is 8.83. The number of nitriles is 1.